The Bertz CT molecular complexity index is 518. The summed E-state index contributed by atoms with van der Waals surface area (Å²) < 4.78 is 4.99. The van der Waals surface area contributed by atoms with Crippen LogP contribution in [-0.4, -0.2) is 41.8 Å². The van der Waals surface area contributed by atoms with E-state index < -0.39 is 17.5 Å². The molecule has 0 radical (unpaired) electrons. The van der Waals surface area contributed by atoms with Gasteiger partial charge >= 0.3 is 12.1 Å². The summed E-state index contributed by atoms with van der Waals surface area (Å²) in [5.74, 6) is -0.840. The van der Waals surface area contributed by atoms with E-state index in [2.05, 4.69) is 6.58 Å². The van der Waals surface area contributed by atoms with E-state index >= 15 is 0 Å². The fourth-order valence-corrected chi connectivity index (χ4v) is 2.68. The minimum absolute atomic E-state index is 0.165. The fourth-order valence-electron chi connectivity index (χ4n) is 2.68. The first-order valence-electron chi connectivity index (χ1n) is 6.92. The summed E-state index contributed by atoms with van der Waals surface area (Å²) in [5.41, 5.74) is -0.132. The van der Waals surface area contributed by atoms with Gasteiger partial charge in [0.2, 0.25) is 0 Å². The van der Waals surface area contributed by atoms with E-state index in [1.54, 1.807) is 4.90 Å². The van der Waals surface area contributed by atoms with Gasteiger partial charge in [-0.15, -0.1) is 0 Å². The van der Waals surface area contributed by atoms with Gasteiger partial charge in [0.15, 0.2) is 0 Å². The van der Waals surface area contributed by atoms with Crippen LogP contribution < -0.4 is 0 Å². The SMILES string of the molecule is C=CCOC(=O)N1CCC(C(=O)O)(c2ccccc2)CC1. The van der Waals surface area contributed by atoms with Gasteiger partial charge in [0, 0.05) is 13.1 Å². The van der Waals surface area contributed by atoms with Crippen LogP contribution in [0.25, 0.3) is 0 Å². The van der Waals surface area contributed by atoms with E-state index in [1.165, 1.54) is 6.08 Å². The predicted octanol–water partition coefficient (Wildman–Crippen LogP) is 2.43. The number of amides is 1. The minimum Gasteiger partial charge on any atom is -0.481 e. The molecular weight excluding hydrogens is 270 g/mol. The van der Waals surface area contributed by atoms with Crippen molar-refractivity contribution in [3.63, 3.8) is 0 Å². The molecular formula is C16H19NO4. The van der Waals surface area contributed by atoms with Gasteiger partial charge in [0.25, 0.3) is 0 Å². The monoisotopic (exact) mass is 289 g/mol. The van der Waals surface area contributed by atoms with Crippen molar-refractivity contribution < 1.29 is 19.4 Å². The second-order valence-corrected chi connectivity index (χ2v) is 5.11. The first-order valence-corrected chi connectivity index (χ1v) is 6.92. The number of rotatable bonds is 4. The molecule has 1 aliphatic heterocycles. The topological polar surface area (TPSA) is 66.8 Å². The Balaban J connectivity index is 2.10. The molecule has 1 heterocycles. The summed E-state index contributed by atoms with van der Waals surface area (Å²) in [4.78, 5) is 25.1. The van der Waals surface area contributed by atoms with Gasteiger partial charge in [-0.3, -0.25) is 4.79 Å². The molecule has 1 aliphatic rings. The zero-order chi connectivity index (χ0) is 15.3. The van der Waals surface area contributed by atoms with Crippen molar-refractivity contribution in [2.24, 2.45) is 0 Å². The molecule has 1 fully saturated rings. The van der Waals surface area contributed by atoms with Crippen molar-refractivity contribution in [1.82, 2.24) is 4.90 Å². The highest BCUT2D eigenvalue weighted by Crippen LogP contribution is 2.36. The van der Waals surface area contributed by atoms with E-state index in [0.717, 1.165) is 5.56 Å². The maximum absolute atomic E-state index is 11.8. The third-order valence-electron chi connectivity index (χ3n) is 3.94. The Morgan fingerprint density at radius 1 is 1.29 bits per heavy atom. The van der Waals surface area contributed by atoms with Gasteiger partial charge in [-0.1, -0.05) is 43.0 Å². The van der Waals surface area contributed by atoms with Gasteiger partial charge < -0.3 is 14.7 Å². The minimum atomic E-state index is -0.920. The molecule has 5 nitrogen and oxygen atoms in total. The molecule has 5 heteroatoms. The second-order valence-electron chi connectivity index (χ2n) is 5.11. The Labute approximate surface area is 123 Å². The lowest BCUT2D eigenvalue weighted by Crippen LogP contribution is -2.49. The number of aliphatic carboxylic acids is 1. The number of ether oxygens (including phenoxy) is 1. The average Bonchev–Trinajstić information content (AvgIpc) is 2.53. The molecule has 1 aromatic carbocycles. The molecule has 1 N–H and O–H groups in total. The van der Waals surface area contributed by atoms with Gasteiger partial charge in [-0.2, -0.15) is 0 Å². The summed E-state index contributed by atoms with van der Waals surface area (Å²) in [6.45, 7) is 4.40. The lowest BCUT2D eigenvalue weighted by molar-refractivity contribution is -0.145. The number of piperidine rings is 1. The molecule has 1 amide bonds. The molecule has 0 bridgehead atoms. The summed E-state index contributed by atoms with van der Waals surface area (Å²) in [5, 5.41) is 9.66. The number of hydrogen-bond donors (Lipinski definition) is 1. The third-order valence-corrected chi connectivity index (χ3v) is 3.94. The van der Waals surface area contributed by atoms with Crippen molar-refractivity contribution >= 4 is 12.1 Å². The van der Waals surface area contributed by atoms with E-state index in [9.17, 15) is 14.7 Å². The molecule has 21 heavy (non-hydrogen) atoms. The Morgan fingerprint density at radius 3 is 2.43 bits per heavy atom. The first-order chi connectivity index (χ1) is 10.1. The Morgan fingerprint density at radius 2 is 1.90 bits per heavy atom. The van der Waals surface area contributed by atoms with Crippen LogP contribution in [0.2, 0.25) is 0 Å². The van der Waals surface area contributed by atoms with Crippen molar-refractivity contribution in [1.29, 1.82) is 0 Å². The van der Waals surface area contributed by atoms with Crippen LogP contribution in [0.3, 0.4) is 0 Å². The van der Waals surface area contributed by atoms with Gasteiger partial charge in [-0.25, -0.2) is 4.79 Å². The molecule has 0 aliphatic carbocycles. The van der Waals surface area contributed by atoms with Crippen LogP contribution in [0.15, 0.2) is 43.0 Å². The smallest absolute Gasteiger partial charge is 0.410 e. The van der Waals surface area contributed by atoms with Crippen LogP contribution in [0, 0.1) is 0 Å². The summed E-state index contributed by atoms with van der Waals surface area (Å²) >= 11 is 0. The van der Waals surface area contributed by atoms with Gasteiger partial charge in [-0.05, 0) is 18.4 Å². The highest BCUT2D eigenvalue weighted by molar-refractivity contribution is 5.82. The van der Waals surface area contributed by atoms with Crippen molar-refractivity contribution in [2.45, 2.75) is 18.3 Å². The van der Waals surface area contributed by atoms with Gasteiger partial charge in [0.1, 0.15) is 6.61 Å². The normalized spacial score (nSPS) is 17.0. The highest BCUT2D eigenvalue weighted by atomic mass is 16.6. The molecule has 0 atom stereocenters. The third kappa shape index (κ3) is 3.07. The van der Waals surface area contributed by atoms with E-state index in [4.69, 9.17) is 4.74 Å². The summed E-state index contributed by atoms with van der Waals surface area (Å²) in [6.07, 6.45) is 1.86. The quantitative estimate of drug-likeness (QED) is 0.864. The highest BCUT2D eigenvalue weighted by Gasteiger charge is 2.44. The van der Waals surface area contributed by atoms with Crippen LogP contribution in [0.5, 0.6) is 0 Å². The molecule has 112 valence electrons. The number of carboxylic acid groups (broad SMARTS) is 1. The van der Waals surface area contributed by atoms with Crippen molar-refractivity contribution in [3.05, 3.63) is 48.6 Å². The lowest BCUT2D eigenvalue weighted by Gasteiger charge is -2.38. The maximum atomic E-state index is 11.8. The fraction of sp³-hybridized carbons (Fsp3) is 0.375. The molecule has 2 rings (SSSR count). The molecule has 0 saturated carbocycles. The van der Waals surface area contributed by atoms with Crippen molar-refractivity contribution in [3.8, 4) is 0 Å². The standard InChI is InChI=1S/C16H19NO4/c1-2-12-21-15(20)17-10-8-16(9-11-17,14(18)19)13-6-4-3-5-7-13/h2-7H,1,8-12H2,(H,18,19). The van der Waals surface area contributed by atoms with Crippen LogP contribution in [0.1, 0.15) is 18.4 Å². The maximum Gasteiger partial charge on any atom is 0.410 e. The van der Waals surface area contributed by atoms with Crippen LogP contribution >= 0.6 is 0 Å². The predicted molar refractivity (Wildman–Crippen MR) is 78.1 cm³/mol. The number of nitrogens with zero attached hydrogens (tertiary/aromatic N) is 1. The zero-order valence-corrected chi connectivity index (χ0v) is 11.8. The molecule has 1 aromatic rings. The Hall–Kier alpha value is -2.30. The summed E-state index contributed by atoms with van der Waals surface area (Å²) in [6, 6.07) is 9.20. The van der Waals surface area contributed by atoms with Gasteiger partial charge in [0.05, 0.1) is 5.41 Å². The number of carbonyl (C=O) groups is 2. The number of benzene rings is 1. The number of likely N-dealkylation sites (tertiary alicyclic amines) is 1. The van der Waals surface area contributed by atoms with E-state index in [-0.39, 0.29) is 6.61 Å². The Kier molecular flexibility index (Phi) is 4.62. The number of carbonyl (C=O) groups excluding carboxylic acids is 1. The van der Waals surface area contributed by atoms with Crippen LogP contribution in [-0.2, 0) is 14.9 Å². The second kappa shape index (κ2) is 6.43. The molecule has 0 aromatic heterocycles. The number of carboxylic acids is 1. The zero-order valence-electron chi connectivity index (χ0n) is 11.8. The van der Waals surface area contributed by atoms with Crippen LogP contribution in [0.4, 0.5) is 4.79 Å². The first kappa shape index (κ1) is 15.1. The van der Waals surface area contributed by atoms with E-state index in [0.29, 0.717) is 25.9 Å². The number of hydrogen-bond acceptors (Lipinski definition) is 3. The lowest BCUT2D eigenvalue weighted by atomic mass is 9.73. The molecule has 1 saturated heterocycles. The molecule has 0 spiro atoms. The van der Waals surface area contributed by atoms with E-state index in [1.807, 2.05) is 30.3 Å². The average molecular weight is 289 g/mol. The summed E-state index contributed by atoms with van der Waals surface area (Å²) in [7, 11) is 0. The largest absolute Gasteiger partial charge is 0.481 e. The molecule has 0 unspecified atom stereocenters. The van der Waals surface area contributed by atoms with Crippen molar-refractivity contribution in [2.75, 3.05) is 19.7 Å².